The summed E-state index contributed by atoms with van der Waals surface area (Å²) in [5.74, 6) is 0.216. The van der Waals surface area contributed by atoms with Gasteiger partial charge in [0.1, 0.15) is 5.82 Å². The van der Waals surface area contributed by atoms with E-state index in [2.05, 4.69) is 5.32 Å². The highest BCUT2D eigenvalue weighted by molar-refractivity contribution is 6.05. The topological polar surface area (TPSA) is 64.2 Å². The SMILES string of the molecule is Cc1ccc(-c2c(NC(=O)c3ccco3)n(C)c3ccccc3c2=O)cc1. The van der Waals surface area contributed by atoms with E-state index in [0.29, 0.717) is 16.8 Å². The Morgan fingerprint density at radius 3 is 2.44 bits per heavy atom. The fourth-order valence-corrected chi connectivity index (χ4v) is 3.20. The van der Waals surface area contributed by atoms with Gasteiger partial charge in [-0.25, -0.2) is 0 Å². The first-order valence-electron chi connectivity index (χ1n) is 8.60. The number of nitrogens with one attached hydrogen (secondary N) is 1. The van der Waals surface area contributed by atoms with Crippen LogP contribution in [0.4, 0.5) is 5.82 Å². The number of anilines is 1. The number of carbonyl (C=O) groups is 1. The van der Waals surface area contributed by atoms with Crippen LogP contribution in [0.15, 0.2) is 76.1 Å². The molecule has 0 radical (unpaired) electrons. The summed E-state index contributed by atoms with van der Waals surface area (Å²) in [6.07, 6.45) is 1.44. The van der Waals surface area contributed by atoms with Gasteiger partial charge in [-0.15, -0.1) is 0 Å². The zero-order valence-corrected chi connectivity index (χ0v) is 15.0. The van der Waals surface area contributed by atoms with Crippen LogP contribution in [0.3, 0.4) is 0 Å². The number of aryl methyl sites for hydroxylation is 2. The quantitative estimate of drug-likeness (QED) is 0.592. The van der Waals surface area contributed by atoms with Crippen molar-refractivity contribution in [2.45, 2.75) is 6.92 Å². The molecule has 0 unspecified atom stereocenters. The van der Waals surface area contributed by atoms with Crippen molar-refractivity contribution in [2.75, 3.05) is 5.32 Å². The molecule has 2 aromatic heterocycles. The number of pyridine rings is 1. The maximum atomic E-state index is 13.3. The lowest BCUT2D eigenvalue weighted by atomic mass is 10.0. The average molecular weight is 358 g/mol. The third-order valence-electron chi connectivity index (χ3n) is 4.63. The Hall–Kier alpha value is -3.60. The van der Waals surface area contributed by atoms with Gasteiger partial charge in [-0.2, -0.15) is 0 Å². The summed E-state index contributed by atoms with van der Waals surface area (Å²) >= 11 is 0. The highest BCUT2D eigenvalue weighted by atomic mass is 16.3. The highest BCUT2D eigenvalue weighted by Gasteiger charge is 2.20. The zero-order valence-electron chi connectivity index (χ0n) is 15.0. The van der Waals surface area contributed by atoms with E-state index >= 15 is 0 Å². The number of benzene rings is 2. The van der Waals surface area contributed by atoms with Crippen LogP contribution in [-0.2, 0) is 7.05 Å². The smallest absolute Gasteiger partial charge is 0.292 e. The molecule has 1 amide bonds. The normalized spacial score (nSPS) is 10.9. The van der Waals surface area contributed by atoms with Crippen LogP contribution in [0.25, 0.3) is 22.0 Å². The molecular weight excluding hydrogens is 340 g/mol. The molecule has 4 aromatic rings. The molecule has 2 heterocycles. The summed E-state index contributed by atoms with van der Waals surface area (Å²) in [6, 6.07) is 18.3. The van der Waals surface area contributed by atoms with Crippen LogP contribution < -0.4 is 10.7 Å². The Kier molecular flexibility index (Phi) is 4.12. The van der Waals surface area contributed by atoms with Gasteiger partial charge in [-0.1, -0.05) is 42.0 Å². The summed E-state index contributed by atoms with van der Waals surface area (Å²) in [4.78, 5) is 25.9. The second kappa shape index (κ2) is 6.61. The standard InChI is InChI=1S/C22H18N2O3/c1-14-9-11-15(12-10-14)19-20(25)16-6-3-4-7-17(16)24(2)21(19)23-22(26)18-8-5-13-27-18/h3-13H,1-2H3,(H,23,26). The molecule has 1 N–H and O–H groups in total. The lowest BCUT2D eigenvalue weighted by Gasteiger charge is -2.18. The largest absolute Gasteiger partial charge is 0.459 e. The Morgan fingerprint density at radius 1 is 1.00 bits per heavy atom. The zero-order chi connectivity index (χ0) is 19.0. The van der Waals surface area contributed by atoms with Crippen LogP contribution >= 0.6 is 0 Å². The molecular formula is C22H18N2O3. The van der Waals surface area contributed by atoms with Gasteiger partial charge in [0.25, 0.3) is 5.91 Å². The Labute approximate surface area is 155 Å². The van der Waals surface area contributed by atoms with Crippen molar-refractivity contribution >= 4 is 22.6 Å². The predicted molar refractivity (Wildman–Crippen MR) is 106 cm³/mol. The molecule has 2 aromatic carbocycles. The third-order valence-corrected chi connectivity index (χ3v) is 4.63. The fraction of sp³-hybridized carbons (Fsp3) is 0.0909. The first-order chi connectivity index (χ1) is 13.1. The van der Waals surface area contributed by atoms with Crippen LogP contribution in [0.1, 0.15) is 16.1 Å². The second-order valence-corrected chi connectivity index (χ2v) is 6.43. The van der Waals surface area contributed by atoms with Crippen molar-refractivity contribution in [3.05, 3.63) is 88.5 Å². The molecule has 0 aliphatic heterocycles. The van der Waals surface area contributed by atoms with Crippen molar-refractivity contribution in [1.82, 2.24) is 4.57 Å². The van der Waals surface area contributed by atoms with E-state index in [1.54, 1.807) is 18.2 Å². The van der Waals surface area contributed by atoms with Crippen molar-refractivity contribution < 1.29 is 9.21 Å². The fourth-order valence-electron chi connectivity index (χ4n) is 3.20. The molecule has 0 aliphatic carbocycles. The summed E-state index contributed by atoms with van der Waals surface area (Å²) in [6.45, 7) is 1.99. The first kappa shape index (κ1) is 16.8. The average Bonchev–Trinajstić information content (AvgIpc) is 3.22. The van der Waals surface area contributed by atoms with E-state index in [0.717, 1.165) is 16.6 Å². The van der Waals surface area contributed by atoms with Gasteiger partial charge in [0.05, 0.1) is 17.3 Å². The minimum atomic E-state index is -0.404. The number of aromatic nitrogens is 1. The molecule has 0 saturated heterocycles. The van der Waals surface area contributed by atoms with E-state index in [4.69, 9.17) is 4.42 Å². The molecule has 0 aliphatic rings. The van der Waals surface area contributed by atoms with Gasteiger partial charge in [0.15, 0.2) is 11.2 Å². The monoisotopic (exact) mass is 358 g/mol. The summed E-state index contributed by atoms with van der Waals surface area (Å²) in [5, 5.41) is 3.46. The second-order valence-electron chi connectivity index (χ2n) is 6.43. The molecule has 5 heteroatoms. The number of amides is 1. The van der Waals surface area contributed by atoms with Crippen LogP contribution in [0.2, 0.25) is 0 Å². The van der Waals surface area contributed by atoms with Gasteiger partial charge < -0.3 is 14.3 Å². The molecule has 0 fully saturated rings. The Balaban J connectivity index is 1.98. The third kappa shape index (κ3) is 2.93. The van der Waals surface area contributed by atoms with E-state index < -0.39 is 5.91 Å². The van der Waals surface area contributed by atoms with Crippen LogP contribution in [-0.4, -0.2) is 10.5 Å². The minimum absolute atomic E-state index is 0.123. The number of rotatable bonds is 3. The number of nitrogens with zero attached hydrogens (tertiary/aromatic N) is 1. The van der Waals surface area contributed by atoms with Gasteiger partial charge in [-0.3, -0.25) is 9.59 Å². The number of para-hydroxylation sites is 1. The number of fused-ring (bicyclic) bond motifs is 1. The van der Waals surface area contributed by atoms with Gasteiger partial charge in [0.2, 0.25) is 0 Å². The molecule has 134 valence electrons. The van der Waals surface area contributed by atoms with E-state index in [9.17, 15) is 9.59 Å². The minimum Gasteiger partial charge on any atom is -0.459 e. The van der Waals surface area contributed by atoms with Gasteiger partial charge in [0, 0.05) is 12.4 Å². The number of hydrogen-bond acceptors (Lipinski definition) is 3. The van der Waals surface area contributed by atoms with E-state index in [1.165, 1.54) is 6.26 Å². The maximum Gasteiger partial charge on any atom is 0.292 e. The lowest BCUT2D eigenvalue weighted by molar-refractivity contribution is 0.0996. The van der Waals surface area contributed by atoms with E-state index in [-0.39, 0.29) is 11.2 Å². The predicted octanol–water partition coefficient (Wildman–Crippen LogP) is 4.36. The molecule has 27 heavy (non-hydrogen) atoms. The maximum absolute atomic E-state index is 13.3. The van der Waals surface area contributed by atoms with Gasteiger partial charge >= 0.3 is 0 Å². The van der Waals surface area contributed by atoms with Crippen molar-refractivity contribution in [1.29, 1.82) is 0 Å². The van der Waals surface area contributed by atoms with Gasteiger partial charge in [-0.05, 0) is 36.8 Å². The molecule has 5 nitrogen and oxygen atoms in total. The highest BCUT2D eigenvalue weighted by Crippen LogP contribution is 2.29. The van der Waals surface area contributed by atoms with Crippen molar-refractivity contribution in [3.8, 4) is 11.1 Å². The van der Waals surface area contributed by atoms with E-state index in [1.807, 2.05) is 61.0 Å². The summed E-state index contributed by atoms with van der Waals surface area (Å²) < 4.78 is 7.01. The molecule has 0 bridgehead atoms. The number of furan rings is 1. The number of carbonyl (C=O) groups excluding carboxylic acids is 1. The van der Waals surface area contributed by atoms with Crippen LogP contribution in [0, 0.1) is 6.92 Å². The molecule has 0 spiro atoms. The van der Waals surface area contributed by atoms with Crippen molar-refractivity contribution in [3.63, 3.8) is 0 Å². The summed E-state index contributed by atoms with van der Waals surface area (Å²) in [7, 11) is 1.83. The Bertz CT molecular complexity index is 1190. The molecule has 0 saturated carbocycles. The van der Waals surface area contributed by atoms with Crippen molar-refractivity contribution in [2.24, 2.45) is 7.05 Å². The Morgan fingerprint density at radius 2 is 1.74 bits per heavy atom. The molecule has 0 atom stereocenters. The molecule has 4 rings (SSSR count). The lowest BCUT2D eigenvalue weighted by Crippen LogP contribution is -2.21. The number of hydrogen-bond donors (Lipinski definition) is 1. The first-order valence-corrected chi connectivity index (χ1v) is 8.60. The summed E-state index contributed by atoms with van der Waals surface area (Å²) in [5.41, 5.74) is 2.92. The van der Waals surface area contributed by atoms with Crippen LogP contribution in [0.5, 0.6) is 0 Å².